The van der Waals surface area contributed by atoms with Crippen molar-refractivity contribution < 1.29 is 9.18 Å². The molecule has 1 amide bonds. The molecule has 1 aliphatic rings. The minimum absolute atomic E-state index is 0. The molecule has 2 heterocycles. The van der Waals surface area contributed by atoms with Gasteiger partial charge in [-0.1, -0.05) is 12.1 Å². The van der Waals surface area contributed by atoms with Crippen molar-refractivity contribution in [1.82, 2.24) is 20.0 Å². The van der Waals surface area contributed by atoms with E-state index in [0.717, 1.165) is 43.5 Å². The lowest BCUT2D eigenvalue weighted by Gasteiger charge is -2.34. The predicted molar refractivity (Wildman–Crippen MR) is 102 cm³/mol. The minimum Gasteiger partial charge on any atom is -0.341 e. The maximum absolute atomic E-state index is 13.3. The smallest absolute Gasteiger partial charge is 0.244 e. The van der Waals surface area contributed by atoms with Crippen molar-refractivity contribution >= 4 is 18.3 Å². The van der Waals surface area contributed by atoms with E-state index in [1.165, 1.54) is 6.07 Å². The summed E-state index contributed by atoms with van der Waals surface area (Å²) in [5.41, 5.74) is 1.92. The summed E-state index contributed by atoms with van der Waals surface area (Å²) in [7, 11) is 3.64. The van der Waals surface area contributed by atoms with Gasteiger partial charge in [-0.15, -0.1) is 12.4 Å². The molecule has 1 aromatic carbocycles. The van der Waals surface area contributed by atoms with Gasteiger partial charge in [0.25, 0.3) is 0 Å². The fourth-order valence-corrected chi connectivity index (χ4v) is 3.56. The van der Waals surface area contributed by atoms with Crippen LogP contribution in [0.3, 0.4) is 0 Å². The molecule has 2 aromatic rings. The van der Waals surface area contributed by atoms with E-state index in [2.05, 4.69) is 10.4 Å². The predicted octanol–water partition coefficient (Wildman–Crippen LogP) is 2.72. The van der Waals surface area contributed by atoms with Crippen molar-refractivity contribution in [3.63, 3.8) is 0 Å². The third-order valence-electron chi connectivity index (χ3n) is 4.93. The highest BCUT2D eigenvalue weighted by molar-refractivity contribution is 5.85. The second-order valence-corrected chi connectivity index (χ2v) is 6.77. The molecule has 0 spiro atoms. The summed E-state index contributed by atoms with van der Waals surface area (Å²) >= 11 is 0. The lowest BCUT2D eigenvalue weighted by atomic mass is 9.90. The number of likely N-dealkylation sites (N-methyl/N-ethyl adjacent to an activating group) is 1. The number of aromatic nitrogens is 2. The van der Waals surface area contributed by atoms with Crippen LogP contribution in [0, 0.1) is 11.7 Å². The van der Waals surface area contributed by atoms with Gasteiger partial charge in [0.1, 0.15) is 11.9 Å². The number of likely N-dealkylation sites (tertiary alicyclic amines) is 1. The average molecular weight is 381 g/mol. The fraction of sp³-hybridized carbons (Fsp3) is 0.474. The van der Waals surface area contributed by atoms with E-state index in [4.69, 9.17) is 0 Å². The first-order valence-electron chi connectivity index (χ1n) is 8.76. The number of rotatable bonds is 5. The summed E-state index contributed by atoms with van der Waals surface area (Å²) in [5, 5.41) is 7.25. The lowest BCUT2D eigenvalue weighted by molar-refractivity contribution is -0.134. The molecule has 3 rings (SSSR count). The molecule has 1 saturated heterocycles. The second-order valence-electron chi connectivity index (χ2n) is 6.77. The van der Waals surface area contributed by atoms with Crippen molar-refractivity contribution in [2.24, 2.45) is 13.0 Å². The van der Waals surface area contributed by atoms with Crippen LogP contribution in [-0.4, -0.2) is 40.7 Å². The normalized spacial score (nSPS) is 16.2. The van der Waals surface area contributed by atoms with Crippen LogP contribution >= 0.6 is 12.4 Å². The molecule has 7 heteroatoms. The molecule has 26 heavy (non-hydrogen) atoms. The molecule has 0 radical (unpaired) electrons. The number of carbonyl (C=O) groups excluding carboxylic acids is 1. The highest BCUT2D eigenvalue weighted by atomic mass is 35.5. The molecule has 1 aromatic heterocycles. The van der Waals surface area contributed by atoms with E-state index in [9.17, 15) is 9.18 Å². The van der Waals surface area contributed by atoms with Crippen molar-refractivity contribution in [3.05, 3.63) is 53.6 Å². The highest BCUT2D eigenvalue weighted by Crippen LogP contribution is 2.24. The van der Waals surface area contributed by atoms with E-state index >= 15 is 0 Å². The van der Waals surface area contributed by atoms with E-state index in [1.807, 2.05) is 24.2 Å². The van der Waals surface area contributed by atoms with Crippen LogP contribution in [0.4, 0.5) is 4.39 Å². The third-order valence-corrected chi connectivity index (χ3v) is 4.93. The Kier molecular flexibility index (Phi) is 7.17. The van der Waals surface area contributed by atoms with Crippen LogP contribution in [-0.2, 0) is 18.3 Å². The molecule has 5 nitrogen and oxygen atoms in total. The summed E-state index contributed by atoms with van der Waals surface area (Å²) in [6.45, 7) is 1.49. The number of piperidine rings is 1. The van der Waals surface area contributed by atoms with Crippen molar-refractivity contribution in [3.8, 4) is 0 Å². The number of benzene rings is 1. The highest BCUT2D eigenvalue weighted by Gasteiger charge is 2.29. The molecule has 0 saturated carbocycles. The van der Waals surface area contributed by atoms with Crippen LogP contribution < -0.4 is 5.32 Å². The van der Waals surface area contributed by atoms with Gasteiger partial charge in [0, 0.05) is 31.9 Å². The van der Waals surface area contributed by atoms with Gasteiger partial charge in [0.2, 0.25) is 5.91 Å². The van der Waals surface area contributed by atoms with Gasteiger partial charge >= 0.3 is 0 Å². The molecular formula is C19H26ClFN4O. The molecule has 1 aliphatic heterocycles. The topological polar surface area (TPSA) is 50.2 Å². The number of aryl methyl sites for hydroxylation is 1. The average Bonchev–Trinajstić information content (AvgIpc) is 3.02. The van der Waals surface area contributed by atoms with Gasteiger partial charge in [-0.25, -0.2) is 4.39 Å². The van der Waals surface area contributed by atoms with E-state index < -0.39 is 0 Å². The maximum Gasteiger partial charge on any atom is 0.244 e. The number of hydrogen-bond donors (Lipinski definition) is 1. The van der Waals surface area contributed by atoms with E-state index in [-0.39, 0.29) is 30.2 Å². The number of nitrogens with zero attached hydrogens (tertiary/aromatic N) is 3. The molecule has 1 unspecified atom stereocenters. The van der Waals surface area contributed by atoms with Crippen molar-refractivity contribution in [2.45, 2.75) is 25.3 Å². The molecule has 1 N–H and O–H groups in total. The number of hydrogen-bond acceptors (Lipinski definition) is 3. The maximum atomic E-state index is 13.3. The molecule has 1 atom stereocenters. The fourth-order valence-electron chi connectivity index (χ4n) is 3.56. The number of amides is 1. The summed E-state index contributed by atoms with van der Waals surface area (Å²) in [6.07, 6.45) is 6.38. The molecule has 142 valence electrons. The Morgan fingerprint density at radius 1 is 1.38 bits per heavy atom. The third kappa shape index (κ3) is 4.83. The van der Waals surface area contributed by atoms with Crippen molar-refractivity contribution in [2.75, 3.05) is 20.1 Å². The van der Waals surface area contributed by atoms with Crippen LogP contribution in [0.15, 0.2) is 36.7 Å². The Bertz CT molecular complexity index is 728. The summed E-state index contributed by atoms with van der Waals surface area (Å²) in [6, 6.07) is 6.46. The Labute approximate surface area is 160 Å². The van der Waals surface area contributed by atoms with Gasteiger partial charge in [0.15, 0.2) is 0 Å². The number of halogens is 2. The number of nitrogens with one attached hydrogen (secondary N) is 1. The van der Waals surface area contributed by atoms with Crippen LogP contribution in [0.5, 0.6) is 0 Å². The molecule has 0 aliphatic carbocycles. The Morgan fingerprint density at radius 3 is 2.69 bits per heavy atom. The molecule has 0 bridgehead atoms. The largest absolute Gasteiger partial charge is 0.341 e. The lowest BCUT2D eigenvalue weighted by Crippen LogP contribution is -2.44. The second kappa shape index (κ2) is 9.14. The van der Waals surface area contributed by atoms with E-state index in [1.54, 1.807) is 30.1 Å². The van der Waals surface area contributed by atoms with Gasteiger partial charge in [-0.3, -0.25) is 9.48 Å². The first-order valence-corrected chi connectivity index (χ1v) is 8.76. The molecular weight excluding hydrogens is 355 g/mol. The Hall–Kier alpha value is -1.92. The monoisotopic (exact) mass is 380 g/mol. The first kappa shape index (κ1) is 20.4. The standard InChI is InChI=1S/C19H25FN4O.ClH/c1-21-18(16-12-22-23(2)13-16)19(25)24-8-6-14(7-9-24)10-15-4-3-5-17(20)11-15;/h3-5,11-14,18,21H,6-10H2,1-2H3;1H. The zero-order valence-corrected chi connectivity index (χ0v) is 16.0. The number of carbonyl (C=O) groups is 1. The summed E-state index contributed by atoms with van der Waals surface area (Å²) in [4.78, 5) is 14.8. The van der Waals surface area contributed by atoms with Crippen LogP contribution in [0.1, 0.15) is 30.0 Å². The van der Waals surface area contributed by atoms with Crippen LogP contribution in [0.2, 0.25) is 0 Å². The van der Waals surface area contributed by atoms with Crippen LogP contribution in [0.25, 0.3) is 0 Å². The summed E-state index contributed by atoms with van der Waals surface area (Å²) < 4.78 is 15.0. The quantitative estimate of drug-likeness (QED) is 0.867. The molecule has 1 fully saturated rings. The zero-order chi connectivity index (χ0) is 17.8. The first-order chi connectivity index (χ1) is 12.1. The van der Waals surface area contributed by atoms with Gasteiger partial charge in [-0.2, -0.15) is 5.10 Å². The zero-order valence-electron chi connectivity index (χ0n) is 15.2. The SMILES string of the molecule is CNC(C(=O)N1CCC(Cc2cccc(F)c2)CC1)c1cnn(C)c1.Cl. The van der Waals surface area contributed by atoms with Gasteiger partial charge in [-0.05, 0) is 49.9 Å². The van der Waals surface area contributed by atoms with Gasteiger partial charge < -0.3 is 10.2 Å². The van der Waals surface area contributed by atoms with Gasteiger partial charge in [0.05, 0.1) is 6.20 Å². The van der Waals surface area contributed by atoms with E-state index in [0.29, 0.717) is 5.92 Å². The Balaban J connectivity index is 0.00000243. The van der Waals surface area contributed by atoms with Crippen molar-refractivity contribution in [1.29, 1.82) is 0 Å². The minimum atomic E-state index is -0.353. The summed E-state index contributed by atoms with van der Waals surface area (Å²) in [5.74, 6) is 0.412. The Morgan fingerprint density at radius 2 is 2.12 bits per heavy atom.